The lowest BCUT2D eigenvalue weighted by Crippen LogP contribution is -2.17. The Bertz CT molecular complexity index is 1960. The van der Waals surface area contributed by atoms with Gasteiger partial charge in [0.2, 0.25) is 0 Å². The molecule has 1 heterocycles. The summed E-state index contributed by atoms with van der Waals surface area (Å²) in [4.78, 5) is 4.60. The van der Waals surface area contributed by atoms with Gasteiger partial charge in [0, 0.05) is 16.8 Å². The summed E-state index contributed by atoms with van der Waals surface area (Å²) in [6.07, 6.45) is 0. The first-order valence-corrected chi connectivity index (χ1v) is 15.2. The second kappa shape index (κ2) is 9.68. The topological polar surface area (TPSA) is 12.5 Å². The number of ether oxygens (including phenoxy) is 1. The van der Waals surface area contributed by atoms with E-state index < -0.39 is 0 Å². The van der Waals surface area contributed by atoms with Crippen LogP contribution < -0.4 is 9.64 Å². The molecule has 0 saturated heterocycles. The summed E-state index contributed by atoms with van der Waals surface area (Å²) in [6, 6.07) is 49.9. The molecule has 0 aromatic heterocycles. The number of benzene rings is 6. The third kappa shape index (κ3) is 3.96. The van der Waals surface area contributed by atoms with Gasteiger partial charge in [0.05, 0.1) is 15.5 Å². The number of para-hydroxylation sites is 2. The number of hydrogen-bond acceptors (Lipinski definition) is 3. The number of anilines is 3. The molecule has 0 saturated carbocycles. The molecule has 0 bridgehead atoms. The maximum atomic E-state index is 6.65. The molecule has 0 atom stereocenters. The van der Waals surface area contributed by atoms with Crippen LogP contribution in [0.25, 0.3) is 22.3 Å². The van der Waals surface area contributed by atoms with Gasteiger partial charge < -0.3 is 9.64 Å². The van der Waals surface area contributed by atoms with Gasteiger partial charge in [0.15, 0.2) is 5.75 Å². The minimum atomic E-state index is -0.0911. The van der Waals surface area contributed by atoms with Gasteiger partial charge in [0.1, 0.15) is 5.75 Å². The normalized spacial score (nSPS) is 13.8. The monoisotopic (exact) mass is 559 g/mol. The molecule has 0 amide bonds. The van der Waals surface area contributed by atoms with Crippen molar-refractivity contribution in [1.82, 2.24) is 0 Å². The smallest absolute Gasteiger partial charge is 0.165 e. The number of hydrogen-bond donors (Lipinski definition) is 0. The van der Waals surface area contributed by atoms with Crippen molar-refractivity contribution in [2.24, 2.45) is 0 Å². The van der Waals surface area contributed by atoms with Crippen LogP contribution in [-0.4, -0.2) is 0 Å². The van der Waals surface area contributed by atoms with Gasteiger partial charge in [0.25, 0.3) is 0 Å². The van der Waals surface area contributed by atoms with Crippen molar-refractivity contribution in [2.45, 2.75) is 29.1 Å². The largest absolute Gasteiger partial charge is 0.453 e. The van der Waals surface area contributed by atoms with Crippen LogP contribution >= 0.6 is 11.8 Å². The third-order valence-corrected chi connectivity index (χ3v) is 9.64. The van der Waals surface area contributed by atoms with Gasteiger partial charge in [-0.3, -0.25) is 0 Å². The van der Waals surface area contributed by atoms with Crippen LogP contribution in [0.4, 0.5) is 17.1 Å². The Hall–Kier alpha value is -4.73. The standard InChI is InChI=1S/C39H29NOS/c1-39(2)32-14-7-6-13-30(32)31-24-23-29(25-33(31)39)40(28-21-19-27(20-22-28)26-11-4-3-5-12-26)34-15-10-18-37-38(34)41-35-16-8-9-17-36(35)42-37/h3-25H,1-2H3. The van der Waals surface area contributed by atoms with E-state index in [0.717, 1.165) is 38.4 Å². The first kappa shape index (κ1) is 25.0. The third-order valence-electron chi connectivity index (χ3n) is 8.54. The second-order valence-corrected chi connectivity index (χ2v) is 12.5. The summed E-state index contributed by atoms with van der Waals surface area (Å²) < 4.78 is 6.65. The highest BCUT2D eigenvalue weighted by Gasteiger charge is 2.36. The molecule has 0 spiro atoms. The van der Waals surface area contributed by atoms with Crippen molar-refractivity contribution < 1.29 is 4.74 Å². The molecule has 0 N–H and O–H groups in total. The minimum Gasteiger partial charge on any atom is -0.453 e. The van der Waals surface area contributed by atoms with E-state index in [4.69, 9.17) is 4.74 Å². The number of fused-ring (bicyclic) bond motifs is 5. The molecule has 0 fully saturated rings. The highest BCUT2D eigenvalue weighted by atomic mass is 32.2. The fourth-order valence-corrected chi connectivity index (χ4v) is 7.38. The Morgan fingerprint density at radius 2 is 1.21 bits per heavy atom. The number of nitrogens with zero attached hydrogens (tertiary/aromatic N) is 1. The average Bonchev–Trinajstić information content (AvgIpc) is 3.27. The van der Waals surface area contributed by atoms with E-state index in [-0.39, 0.29) is 5.41 Å². The summed E-state index contributed by atoms with van der Waals surface area (Å²) in [5, 5.41) is 0. The minimum absolute atomic E-state index is 0.0911. The molecule has 1 aliphatic carbocycles. The highest BCUT2D eigenvalue weighted by Crippen LogP contribution is 2.55. The quantitative estimate of drug-likeness (QED) is 0.213. The zero-order chi connectivity index (χ0) is 28.3. The Kier molecular flexibility index (Phi) is 5.77. The fourth-order valence-electron chi connectivity index (χ4n) is 6.40. The van der Waals surface area contributed by atoms with Crippen LogP contribution in [0.15, 0.2) is 149 Å². The van der Waals surface area contributed by atoms with E-state index in [1.54, 1.807) is 11.8 Å². The average molecular weight is 560 g/mol. The second-order valence-electron chi connectivity index (χ2n) is 11.4. The SMILES string of the molecule is CC1(C)c2ccccc2-c2ccc(N(c3ccc(-c4ccccc4)cc3)c3cccc4c3Oc3ccccc3S4)cc21. The van der Waals surface area contributed by atoms with E-state index in [2.05, 4.69) is 152 Å². The molecular formula is C39H29NOS. The molecule has 6 aromatic rings. The van der Waals surface area contributed by atoms with Gasteiger partial charge >= 0.3 is 0 Å². The van der Waals surface area contributed by atoms with Crippen LogP contribution in [0.2, 0.25) is 0 Å². The molecule has 8 rings (SSSR count). The van der Waals surface area contributed by atoms with Gasteiger partial charge in [-0.15, -0.1) is 0 Å². The Morgan fingerprint density at radius 3 is 2.07 bits per heavy atom. The lowest BCUT2D eigenvalue weighted by molar-refractivity contribution is 0.456. The van der Waals surface area contributed by atoms with Crippen molar-refractivity contribution in [2.75, 3.05) is 4.90 Å². The predicted molar refractivity (Wildman–Crippen MR) is 175 cm³/mol. The first-order chi connectivity index (χ1) is 20.6. The Labute approximate surface area is 251 Å². The van der Waals surface area contributed by atoms with Crippen LogP contribution in [0.3, 0.4) is 0 Å². The molecular weight excluding hydrogens is 531 g/mol. The van der Waals surface area contributed by atoms with E-state index in [1.165, 1.54) is 33.4 Å². The van der Waals surface area contributed by atoms with E-state index in [1.807, 2.05) is 6.07 Å². The summed E-state index contributed by atoms with van der Waals surface area (Å²) in [6.45, 7) is 4.67. The zero-order valence-electron chi connectivity index (χ0n) is 23.5. The van der Waals surface area contributed by atoms with Crippen LogP contribution in [0.5, 0.6) is 11.5 Å². The summed E-state index contributed by atoms with van der Waals surface area (Å²) in [5.41, 5.74) is 10.9. The molecule has 6 aromatic carbocycles. The van der Waals surface area contributed by atoms with Crippen LogP contribution in [0.1, 0.15) is 25.0 Å². The molecule has 2 aliphatic rings. The lowest BCUT2D eigenvalue weighted by Gasteiger charge is -2.31. The van der Waals surface area contributed by atoms with Gasteiger partial charge in [-0.2, -0.15) is 0 Å². The van der Waals surface area contributed by atoms with Crippen molar-refractivity contribution >= 4 is 28.8 Å². The molecule has 3 heteroatoms. The van der Waals surface area contributed by atoms with Gasteiger partial charge in [-0.05, 0) is 81.9 Å². The zero-order valence-corrected chi connectivity index (χ0v) is 24.4. The Morgan fingerprint density at radius 1 is 0.548 bits per heavy atom. The lowest BCUT2D eigenvalue weighted by atomic mass is 9.82. The predicted octanol–water partition coefficient (Wildman–Crippen LogP) is 11.4. The van der Waals surface area contributed by atoms with E-state index >= 15 is 0 Å². The molecule has 0 unspecified atom stereocenters. The van der Waals surface area contributed by atoms with Crippen molar-refractivity contribution in [3.8, 4) is 33.8 Å². The molecule has 0 radical (unpaired) electrons. The Balaban J connectivity index is 1.30. The molecule has 202 valence electrons. The summed E-state index contributed by atoms with van der Waals surface area (Å²) in [7, 11) is 0. The maximum Gasteiger partial charge on any atom is 0.165 e. The molecule has 2 nitrogen and oxygen atoms in total. The molecule has 42 heavy (non-hydrogen) atoms. The molecule has 1 aliphatic heterocycles. The van der Waals surface area contributed by atoms with Crippen LogP contribution in [-0.2, 0) is 5.41 Å². The fraction of sp³-hybridized carbons (Fsp3) is 0.0769. The highest BCUT2D eigenvalue weighted by molar-refractivity contribution is 7.99. The summed E-state index contributed by atoms with van der Waals surface area (Å²) >= 11 is 1.76. The van der Waals surface area contributed by atoms with Gasteiger partial charge in [-0.1, -0.05) is 117 Å². The maximum absolute atomic E-state index is 6.65. The van der Waals surface area contributed by atoms with Gasteiger partial charge in [-0.25, -0.2) is 0 Å². The van der Waals surface area contributed by atoms with Crippen molar-refractivity contribution in [1.29, 1.82) is 0 Å². The van der Waals surface area contributed by atoms with E-state index in [0.29, 0.717) is 0 Å². The van der Waals surface area contributed by atoms with Crippen LogP contribution in [0, 0.1) is 0 Å². The van der Waals surface area contributed by atoms with Crippen molar-refractivity contribution in [3.05, 3.63) is 151 Å². The van der Waals surface area contributed by atoms with Crippen molar-refractivity contribution in [3.63, 3.8) is 0 Å². The first-order valence-electron chi connectivity index (χ1n) is 14.4. The summed E-state index contributed by atoms with van der Waals surface area (Å²) in [5.74, 6) is 1.78. The van der Waals surface area contributed by atoms with E-state index in [9.17, 15) is 0 Å². The number of rotatable bonds is 4.